The lowest BCUT2D eigenvalue weighted by atomic mass is 9.94. The van der Waals surface area contributed by atoms with E-state index in [2.05, 4.69) is 115 Å². The van der Waals surface area contributed by atoms with Crippen LogP contribution in [0.1, 0.15) is 18.1 Å². The fraction of sp³-hybridized carbons (Fsp3) is 0.0488. The first-order valence-corrected chi connectivity index (χ1v) is 15.1. The number of benzene rings is 6. The zero-order valence-corrected chi connectivity index (χ0v) is 25.0. The summed E-state index contributed by atoms with van der Waals surface area (Å²) in [7, 11) is 0. The summed E-state index contributed by atoms with van der Waals surface area (Å²) in [6.07, 6.45) is 0. The summed E-state index contributed by atoms with van der Waals surface area (Å²) in [5, 5.41) is 1.98. The van der Waals surface area contributed by atoms with Crippen molar-refractivity contribution in [1.29, 1.82) is 0 Å². The molecule has 1 aromatic heterocycles. The smallest absolute Gasteiger partial charge is 0.161 e. The lowest BCUT2D eigenvalue weighted by molar-refractivity contribution is 0.670. The van der Waals surface area contributed by atoms with Crippen LogP contribution in [-0.4, -0.2) is 24.9 Å². The van der Waals surface area contributed by atoms with E-state index in [-0.39, 0.29) is 0 Å². The molecule has 7 rings (SSSR count). The second-order valence-corrected chi connectivity index (χ2v) is 10.7. The minimum absolute atomic E-state index is 0.522. The molecule has 0 radical (unpaired) electrons. The van der Waals surface area contributed by atoms with Crippen LogP contribution < -0.4 is 0 Å². The van der Waals surface area contributed by atoms with Gasteiger partial charge in [-0.15, -0.1) is 0 Å². The van der Waals surface area contributed by atoms with Crippen molar-refractivity contribution >= 4 is 40.3 Å². The molecule has 0 atom stereocenters. The predicted molar refractivity (Wildman–Crippen MR) is 190 cm³/mol. The van der Waals surface area contributed by atoms with Gasteiger partial charge < -0.3 is 4.42 Å². The molecule has 0 unspecified atom stereocenters. The third-order valence-electron chi connectivity index (χ3n) is 7.95. The van der Waals surface area contributed by atoms with Crippen molar-refractivity contribution in [3.05, 3.63) is 157 Å². The van der Waals surface area contributed by atoms with Gasteiger partial charge in [-0.05, 0) is 71.8 Å². The highest BCUT2D eigenvalue weighted by Gasteiger charge is 2.20. The minimum Gasteiger partial charge on any atom is -0.455 e. The van der Waals surface area contributed by atoms with E-state index in [9.17, 15) is 0 Å². The first-order chi connectivity index (χ1) is 22.2. The number of furan rings is 1. The van der Waals surface area contributed by atoms with Crippen LogP contribution in [0.5, 0.6) is 0 Å². The molecule has 45 heavy (non-hydrogen) atoms. The standard InChI is InChI=1S/C41H31N3O/c1-3-43-41(44-40(42-2)30-18-11-6-12-19-30)35-24-23-34(33-21-13-20-31(26-33)28-14-7-4-8-15-28)39-38(35)36-27-32(22-25-37(36)45-39)29-16-9-5-10-17-29/h4-27H,2-3H2,1H3. The highest BCUT2D eigenvalue weighted by atomic mass is 16.3. The lowest BCUT2D eigenvalue weighted by Crippen LogP contribution is -2.06. The Kier molecular flexibility index (Phi) is 7.69. The Balaban J connectivity index is 1.49. The molecule has 0 fully saturated rings. The number of fused-ring (bicyclic) bond motifs is 3. The number of nitrogens with zero attached hydrogens (tertiary/aromatic N) is 3. The number of hydrogen-bond acceptors (Lipinski definition) is 2. The Bertz CT molecular complexity index is 2190. The molecule has 0 amide bonds. The van der Waals surface area contributed by atoms with Crippen LogP contribution in [0.3, 0.4) is 0 Å². The molecule has 4 nitrogen and oxygen atoms in total. The van der Waals surface area contributed by atoms with Gasteiger partial charge in [-0.2, -0.15) is 0 Å². The summed E-state index contributed by atoms with van der Waals surface area (Å²) in [6.45, 7) is 6.40. The van der Waals surface area contributed by atoms with Crippen molar-refractivity contribution < 1.29 is 4.42 Å². The van der Waals surface area contributed by atoms with Crippen molar-refractivity contribution in [2.45, 2.75) is 6.92 Å². The molecule has 1 heterocycles. The van der Waals surface area contributed by atoms with E-state index in [1.807, 2.05) is 49.4 Å². The van der Waals surface area contributed by atoms with Crippen molar-refractivity contribution in [3.8, 4) is 33.4 Å². The lowest BCUT2D eigenvalue weighted by Gasteiger charge is -2.11. The van der Waals surface area contributed by atoms with Gasteiger partial charge in [0.15, 0.2) is 11.7 Å². The van der Waals surface area contributed by atoms with Crippen molar-refractivity contribution in [1.82, 2.24) is 0 Å². The number of aliphatic imine (C=N–C) groups is 3. The van der Waals surface area contributed by atoms with Crippen LogP contribution in [0.4, 0.5) is 0 Å². The number of amidine groups is 2. The Hall–Kier alpha value is -5.87. The predicted octanol–water partition coefficient (Wildman–Crippen LogP) is 10.5. The molecule has 216 valence electrons. The van der Waals surface area contributed by atoms with Gasteiger partial charge in [-0.3, -0.25) is 4.99 Å². The monoisotopic (exact) mass is 581 g/mol. The number of hydrogen-bond donors (Lipinski definition) is 0. The Morgan fingerprint density at radius 3 is 1.89 bits per heavy atom. The zero-order valence-electron chi connectivity index (χ0n) is 25.0. The van der Waals surface area contributed by atoms with Crippen molar-refractivity contribution in [2.24, 2.45) is 15.0 Å². The normalized spacial score (nSPS) is 12.1. The van der Waals surface area contributed by atoms with Gasteiger partial charge >= 0.3 is 0 Å². The molecule has 4 heteroatoms. The summed E-state index contributed by atoms with van der Waals surface area (Å²) < 4.78 is 6.72. The van der Waals surface area contributed by atoms with Gasteiger partial charge in [0.2, 0.25) is 0 Å². The Morgan fingerprint density at radius 2 is 1.22 bits per heavy atom. The van der Waals surface area contributed by atoms with Gasteiger partial charge in [0.25, 0.3) is 0 Å². The third-order valence-corrected chi connectivity index (χ3v) is 7.95. The van der Waals surface area contributed by atoms with Crippen LogP contribution in [0.15, 0.2) is 165 Å². The summed E-state index contributed by atoms with van der Waals surface area (Å²) in [4.78, 5) is 14.2. The topological polar surface area (TPSA) is 50.2 Å². The van der Waals surface area contributed by atoms with E-state index in [0.717, 1.165) is 60.9 Å². The maximum absolute atomic E-state index is 6.72. The minimum atomic E-state index is 0.522. The Labute approximate surface area is 262 Å². The third kappa shape index (κ3) is 5.50. The van der Waals surface area contributed by atoms with E-state index in [1.54, 1.807) is 0 Å². The molecule has 7 aromatic rings. The van der Waals surface area contributed by atoms with Crippen LogP contribution >= 0.6 is 0 Å². The molecule has 0 saturated carbocycles. The van der Waals surface area contributed by atoms with Crippen LogP contribution in [0.25, 0.3) is 55.3 Å². The van der Waals surface area contributed by atoms with Gasteiger partial charge in [-0.1, -0.05) is 115 Å². The molecule has 6 aromatic carbocycles. The summed E-state index contributed by atoms with van der Waals surface area (Å²) in [5.74, 6) is 1.11. The van der Waals surface area contributed by atoms with E-state index in [1.165, 1.54) is 5.56 Å². The molecule has 0 saturated heterocycles. The van der Waals surface area contributed by atoms with Crippen LogP contribution in [-0.2, 0) is 0 Å². The fourth-order valence-corrected chi connectivity index (χ4v) is 5.81. The highest BCUT2D eigenvalue weighted by molar-refractivity contribution is 6.23. The molecular formula is C41H31N3O. The van der Waals surface area contributed by atoms with Gasteiger partial charge in [0.05, 0.1) is 0 Å². The molecule has 0 N–H and O–H groups in total. The Morgan fingerprint density at radius 1 is 0.600 bits per heavy atom. The summed E-state index contributed by atoms with van der Waals surface area (Å²) >= 11 is 0. The molecule has 0 bridgehead atoms. The van der Waals surface area contributed by atoms with Crippen molar-refractivity contribution in [2.75, 3.05) is 6.54 Å². The molecular weight excluding hydrogens is 550 g/mol. The van der Waals surface area contributed by atoms with E-state index < -0.39 is 0 Å². The quantitative estimate of drug-likeness (QED) is 0.142. The van der Waals surface area contributed by atoms with E-state index >= 15 is 0 Å². The van der Waals surface area contributed by atoms with E-state index in [4.69, 9.17) is 14.4 Å². The molecule has 0 aliphatic heterocycles. The zero-order chi connectivity index (χ0) is 30.6. The first kappa shape index (κ1) is 27.9. The molecule has 0 spiro atoms. The SMILES string of the molecule is C=NC(=NC(=NCC)c1ccc(-c2cccc(-c3ccccc3)c2)c2oc3ccc(-c4ccccc4)cc3c12)c1ccccc1. The largest absolute Gasteiger partial charge is 0.455 e. The second-order valence-electron chi connectivity index (χ2n) is 10.7. The van der Waals surface area contributed by atoms with Gasteiger partial charge in [0.1, 0.15) is 11.2 Å². The second kappa shape index (κ2) is 12.4. The van der Waals surface area contributed by atoms with Crippen molar-refractivity contribution in [3.63, 3.8) is 0 Å². The summed E-state index contributed by atoms with van der Waals surface area (Å²) in [6, 6.07) is 49.9. The van der Waals surface area contributed by atoms with Crippen LogP contribution in [0.2, 0.25) is 0 Å². The summed E-state index contributed by atoms with van der Waals surface area (Å²) in [5.41, 5.74) is 10.0. The highest BCUT2D eigenvalue weighted by Crippen LogP contribution is 2.40. The average Bonchev–Trinajstić information content (AvgIpc) is 3.50. The maximum atomic E-state index is 6.72. The van der Waals surface area contributed by atoms with Gasteiger partial charge in [0, 0.05) is 34.0 Å². The molecule has 0 aliphatic rings. The first-order valence-electron chi connectivity index (χ1n) is 15.1. The fourth-order valence-electron chi connectivity index (χ4n) is 5.81. The average molecular weight is 582 g/mol. The van der Waals surface area contributed by atoms with E-state index in [0.29, 0.717) is 18.2 Å². The molecule has 0 aliphatic carbocycles. The maximum Gasteiger partial charge on any atom is 0.161 e. The van der Waals surface area contributed by atoms with Gasteiger partial charge in [-0.25, -0.2) is 9.98 Å². The number of rotatable bonds is 6. The van der Waals surface area contributed by atoms with Crippen LogP contribution in [0, 0.1) is 0 Å².